The molecule has 0 aliphatic heterocycles. The van der Waals surface area contributed by atoms with Gasteiger partial charge in [0.1, 0.15) is 5.82 Å². The Kier molecular flexibility index (Phi) is 5.45. The predicted molar refractivity (Wildman–Crippen MR) is 85.9 cm³/mol. The second kappa shape index (κ2) is 6.88. The normalized spacial score (nSPS) is 12.4. The van der Waals surface area contributed by atoms with Crippen molar-refractivity contribution < 1.29 is 4.39 Å². The quantitative estimate of drug-likeness (QED) is 0.713. The van der Waals surface area contributed by atoms with E-state index >= 15 is 0 Å². The largest absolute Gasteiger partial charge is 0.323 e. The van der Waals surface area contributed by atoms with Crippen molar-refractivity contribution in [1.82, 2.24) is 0 Å². The van der Waals surface area contributed by atoms with Crippen LogP contribution in [0.25, 0.3) is 0 Å². The number of benzene rings is 2. The molecule has 1 atom stereocenters. The van der Waals surface area contributed by atoms with E-state index in [2.05, 4.69) is 31.9 Å². The summed E-state index contributed by atoms with van der Waals surface area (Å²) in [6.07, 6.45) is 0. The number of rotatable bonds is 4. The Bertz CT molecular complexity index is 577. The Morgan fingerprint density at radius 2 is 1.89 bits per heavy atom. The van der Waals surface area contributed by atoms with Gasteiger partial charge in [0.2, 0.25) is 0 Å². The second-order valence-electron chi connectivity index (χ2n) is 4.01. The van der Waals surface area contributed by atoms with E-state index < -0.39 is 0 Å². The third-order valence-corrected chi connectivity index (χ3v) is 5.25. The molecule has 1 nitrogen and oxygen atoms in total. The van der Waals surface area contributed by atoms with Crippen molar-refractivity contribution in [3.8, 4) is 0 Å². The van der Waals surface area contributed by atoms with Gasteiger partial charge in [-0.25, -0.2) is 4.39 Å². The summed E-state index contributed by atoms with van der Waals surface area (Å²) in [5.41, 5.74) is 6.60. The van der Waals surface area contributed by atoms with Gasteiger partial charge >= 0.3 is 0 Å². The highest BCUT2D eigenvalue weighted by Crippen LogP contribution is 2.30. The van der Waals surface area contributed by atoms with E-state index in [0.29, 0.717) is 11.3 Å². The molecule has 0 bridgehead atoms. The molecule has 0 aliphatic carbocycles. The van der Waals surface area contributed by atoms with Gasteiger partial charge in [-0.3, -0.25) is 0 Å². The number of nitrogens with two attached hydrogens (primary N) is 1. The van der Waals surface area contributed by atoms with Crippen molar-refractivity contribution in [2.24, 2.45) is 5.73 Å². The molecule has 0 aromatic heterocycles. The third kappa shape index (κ3) is 4.05. The van der Waals surface area contributed by atoms with Crippen LogP contribution in [0.5, 0.6) is 0 Å². The van der Waals surface area contributed by atoms with Gasteiger partial charge in [0, 0.05) is 31.2 Å². The highest BCUT2D eigenvalue weighted by molar-refractivity contribution is 9.10. The molecule has 1 unspecified atom stereocenters. The van der Waals surface area contributed by atoms with E-state index in [1.54, 1.807) is 23.9 Å². The van der Waals surface area contributed by atoms with Crippen LogP contribution in [0.3, 0.4) is 0 Å². The minimum Gasteiger partial charge on any atom is -0.323 e. The smallest absolute Gasteiger partial charge is 0.128 e. The Morgan fingerprint density at radius 3 is 2.63 bits per heavy atom. The first kappa shape index (κ1) is 15.0. The van der Waals surface area contributed by atoms with E-state index in [0.717, 1.165) is 13.8 Å². The average Bonchev–Trinajstić information content (AvgIpc) is 2.40. The van der Waals surface area contributed by atoms with Crippen molar-refractivity contribution >= 4 is 43.6 Å². The van der Waals surface area contributed by atoms with Gasteiger partial charge in [0.05, 0.1) is 0 Å². The summed E-state index contributed by atoms with van der Waals surface area (Å²) >= 11 is 8.43. The highest BCUT2D eigenvalue weighted by atomic mass is 79.9. The number of thioether (sulfide) groups is 1. The summed E-state index contributed by atoms with van der Waals surface area (Å²) in [6, 6.07) is 12.4. The van der Waals surface area contributed by atoms with Crippen molar-refractivity contribution in [2.45, 2.75) is 10.9 Å². The first-order valence-electron chi connectivity index (χ1n) is 5.66. The zero-order chi connectivity index (χ0) is 13.8. The fraction of sp³-hybridized carbons (Fsp3) is 0.143. The van der Waals surface area contributed by atoms with Crippen LogP contribution in [0, 0.1) is 5.82 Å². The van der Waals surface area contributed by atoms with E-state index in [-0.39, 0.29) is 11.9 Å². The van der Waals surface area contributed by atoms with Gasteiger partial charge in [-0.15, -0.1) is 11.8 Å². The maximum absolute atomic E-state index is 13.7. The number of hydrogen-bond donors (Lipinski definition) is 1. The Morgan fingerprint density at radius 1 is 1.16 bits per heavy atom. The molecular formula is C14H12Br2FNS. The molecule has 2 aromatic rings. The molecule has 0 saturated carbocycles. The molecular weight excluding hydrogens is 393 g/mol. The summed E-state index contributed by atoms with van der Waals surface area (Å²) in [7, 11) is 0. The average molecular weight is 405 g/mol. The van der Waals surface area contributed by atoms with E-state index in [9.17, 15) is 4.39 Å². The Labute approximate surface area is 133 Å². The molecule has 2 rings (SSSR count). The zero-order valence-electron chi connectivity index (χ0n) is 9.95. The second-order valence-corrected chi connectivity index (χ2v) is 6.85. The standard InChI is InChI=1S/C14H12Br2FNS/c15-9-5-6-12(17)10(7-9)13(18)8-19-14-4-2-1-3-11(14)16/h1-7,13H,8,18H2. The molecule has 19 heavy (non-hydrogen) atoms. The van der Waals surface area contributed by atoms with Crippen molar-refractivity contribution in [3.63, 3.8) is 0 Å². The van der Waals surface area contributed by atoms with Crippen LogP contribution in [0.4, 0.5) is 4.39 Å². The van der Waals surface area contributed by atoms with Crippen LogP contribution in [0.15, 0.2) is 56.3 Å². The van der Waals surface area contributed by atoms with Gasteiger partial charge < -0.3 is 5.73 Å². The fourth-order valence-corrected chi connectivity index (χ4v) is 3.56. The fourth-order valence-electron chi connectivity index (χ4n) is 1.63. The Hall–Kier alpha value is -0.360. The summed E-state index contributed by atoms with van der Waals surface area (Å²) in [5.74, 6) is 0.360. The summed E-state index contributed by atoms with van der Waals surface area (Å²) in [6.45, 7) is 0. The monoisotopic (exact) mass is 403 g/mol. The van der Waals surface area contributed by atoms with Crippen LogP contribution in [0.2, 0.25) is 0 Å². The summed E-state index contributed by atoms with van der Waals surface area (Å²) in [4.78, 5) is 1.10. The molecule has 0 radical (unpaired) electrons. The van der Waals surface area contributed by atoms with Crippen LogP contribution in [0.1, 0.15) is 11.6 Å². The van der Waals surface area contributed by atoms with Crippen LogP contribution in [-0.2, 0) is 0 Å². The van der Waals surface area contributed by atoms with Crippen LogP contribution >= 0.6 is 43.6 Å². The van der Waals surface area contributed by atoms with E-state index in [1.165, 1.54) is 6.07 Å². The zero-order valence-corrected chi connectivity index (χ0v) is 13.9. The molecule has 5 heteroatoms. The first-order chi connectivity index (χ1) is 9.08. The molecule has 100 valence electrons. The molecule has 0 spiro atoms. The lowest BCUT2D eigenvalue weighted by atomic mass is 10.1. The maximum atomic E-state index is 13.7. The number of hydrogen-bond acceptors (Lipinski definition) is 2. The van der Waals surface area contributed by atoms with Gasteiger partial charge in [-0.05, 0) is 46.3 Å². The molecule has 0 saturated heterocycles. The number of halogens is 3. The maximum Gasteiger partial charge on any atom is 0.128 e. The molecule has 0 amide bonds. The lowest BCUT2D eigenvalue weighted by Crippen LogP contribution is -2.14. The Balaban J connectivity index is 2.07. The van der Waals surface area contributed by atoms with Crippen LogP contribution in [-0.4, -0.2) is 5.75 Å². The minimum absolute atomic E-state index is 0.261. The van der Waals surface area contributed by atoms with Gasteiger partial charge in [-0.1, -0.05) is 28.1 Å². The first-order valence-corrected chi connectivity index (χ1v) is 8.23. The lowest BCUT2D eigenvalue weighted by molar-refractivity contribution is 0.595. The molecule has 0 fully saturated rings. The van der Waals surface area contributed by atoms with E-state index in [1.807, 2.05) is 24.3 Å². The molecule has 2 N–H and O–H groups in total. The van der Waals surface area contributed by atoms with Crippen molar-refractivity contribution in [2.75, 3.05) is 5.75 Å². The third-order valence-electron chi connectivity index (χ3n) is 2.61. The lowest BCUT2D eigenvalue weighted by Gasteiger charge is -2.13. The summed E-state index contributed by atoms with van der Waals surface area (Å²) in [5, 5.41) is 0. The minimum atomic E-state index is -0.338. The SMILES string of the molecule is NC(CSc1ccccc1Br)c1cc(Br)ccc1F. The topological polar surface area (TPSA) is 26.0 Å². The van der Waals surface area contributed by atoms with Gasteiger partial charge in [0.15, 0.2) is 0 Å². The molecule has 0 aliphatic rings. The summed E-state index contributed by atoms with van der Waals surface area (Å²) < 4.78 is 15.6. The van der Waals surface area contributed by atoms with Gasteiger partial charge in [-0.2, -0.15) is 0 Å². The van der Waals surface area contributed by atoms with Gasteiger partial charge in [0.25, 0.3) is 0 Å². The predicted octanol–water partition coefficient (Wildman–Crippen LogP) is 5.14. The van der Waals surface area contributed by atoms with Crippen LogP contribution < -0.4 is 5.73 Å². The molecule has 2 aromatic carbocycles. The van der Waals surface area contributed by atoms with Crippen molar-refractivity contribution in [1.29, 1.82) is 0 Å². The molecule has 0 heterocycles. The van der Waals surface area contributed by atoms with E-state index in [4.69, 9.17) is 5.73 Å². The van der Waals surface area contributed by atoms with Crippen molar-refractivity contribution in [3.05, 3.63) is 62.8 Å². The highest BCUT2D eigenvalue weighted by Gasteiger charge is 2.13.